The van der Waals surface area contributed by atoms with E-state index in [1.165, 1.54) is 0 Å². The van der Waals surface area contributed by atoms with Crippen molar-refractivity contribution in [3.63, 3.8) is 0 Å². The summed E-state index contributed by atoms with van der Waals surface area (Å²) in [6.07, 6.45) is 0. The lowest BCUT2D eigenvalue weighted by molar-refractivity contribution is 0.100. The molecule has 5 heteroatoms. The molecule has 0 saturated carbocycles. The maximum atomic E-state index is 11.0. The van der Waals surface area contributed by atoms with Gasteiger partial charge in [0.1, 0.15) is 0 Å². The van der Waals surface area contributed by atoms with Gasteiger partial charge in [-0.3, -0.25) is 4.79 Å². The Morgan fingerprint density at radius 2 is 1.71 bits per heavy atom. The standard InChI is InChI=1S/C16H18N2O3/c1-20-14-8-3-11(9-15(14)21-2)10-18-13-6-4-12(5-7-13)16(17)19/h3-9,18H,10H2,1-2H3,(H2,17,19). The van der Waals surface area contributed by atoms with E-state index in [1.54, 1.807) is 26.4 Å². The van der Waals surface area contributed by atoms with Crippen LogP contribution in [-0.4, -0.2) is 20.1 Å². The zero-order valence-corrected chi connectivity index (χ0v) is 12.1. The van der Waals surface area contributed by atoms with Crippen molar-refractivity contribution in [2.75, 3.05) is 19.5 Å². The van der Waals surface area contributed by atoms with E-state index in [1.807, 2.05) is 30.3 Å². The molecule has 5 nitrogen and oxygen atoms in total. The molecule has 0 aliphatic rings. The Hall–Kier alpha value is -2.69. The number of rotatable bonds is 6. The van der Waals surface area contributed by atoms with Gasteiger partial charge in [0.25, 0.3) is 0 Å². The summed E-state index contributed by atoms with van der Waals surface area (Å²) in [6, 6.07) is 12.8. The van der Waals surface area contributed by atoms with Crippen molar-refractivity contribution in [2.24, 2.45) is 5.73 Å². The predicted molar refractivity (Wildman–Crippen MR) is 81.8 cm³/mol. The van der Waals surface area contributed by atoms with Crippen LogP contribution in [0.3, 0.4) is 0 Å². The van der Waals surface area contributed by atoms with Gasteiger partial charge >= 0.3 is 0 Å². The molecule has 0 heterocycles. The van der Waals surface area contributed by atoms with E-state index in [-0.39, 0.29) is 0 Å². The van der Waals surface area contributed by atoms with Crippen LogP contribution in [0.5, 0.6) is 11.5 Å². The molecular weight excluding hydrogens is 268 g/mol. The van der Waals surface area contributed by atoms with Crippen molar-refractivity contribution in [2.45, 2.75) is 6.54 Å². The monoisotopic (exact) mass is 286 g/mol. The number of methoxy groups -OCH3 is 2. The normalized spacial score (nSPS) is 10.0. The third-order valence-corrected chi connectivity index (χ3v) is 3.11. The molecular formula is C16H18N2O3. The van der Waals surface area contributed by atoms with Crippen LogP contribution in [0.15, 0.2) is 42.5 Å². The van der Waals surface area contributed by atoms with Crippen LogP contribution in [0, 0.1) is 0 Å². The number of ether oxygens (including phenoxy) is 2. The number of amides is 1. The highest BCUT2D eigenvalue weighted by Gasteiger charge is 2.05. The van der Waals surface area contributed by atoms with Crippen molar-refractivity contribution in [1.29, 1.82) is 0 Å². The van der Waals surface area contributed by atoms with Crippen molar-refractivity contribution in [3.05, 3.63) is 53.6 Å². The molecule has 21 heavy (non-hydrogen) atoms. The summed E-state index contributed by atoms with van der Waals surface area (Å²) in [7, 11) is 3.22. The van der Waals surface area contributed by atoms with Gasteiger partial charge in [0, 0.05) is 17.8 Å². The van der Waals surface area contributed by atoms with Crippen LogP contribution in [0.4, 0.5) is 5.69 Å². The van der Waals surface area contributed by atoms with Crippen LogP contribution < -0.4 is 20.5 Å². The number of primary amides is 1. The second-order valence-electron chi connectivity index (χ2n) is 4.48. The molecule has 2 aromatic carbocycles. The molecule has 0 radical (unpaired) electrons. The lowest BCUT2D eigenvalue weighted by atomic mass is 10.1. The van der Waals surface area contributed by atoms with Crippen LogP contribution in [0.25, 0.3) is 0 Å². The molecule has 3 N–H and O–H groups in total. The lowest BCUT2D eigenvalue weighted by Gasteiger charge is -2.11. The predicted octanol–water partition coefficient (Wildman–Crippen LogP) is 2.41. The molecule has 0 atom stereocenters. The van der Waals surface area contributed by atoms with Crippen LogP contribution in [-0.2, 0) is 6.54 Å². The van der Waals surface area contributed by atoms with Crippen molar-refractivity contribution in [3.8, 4) is 11.5 Å². The van der Waals surface area contributed by atoms with E-state index in [2.05, 4.69) is 5.32 Å². The van der Waals surface area contributed by atoms with Crippen LogP contribution >= 0.6 is 0 Å². The van der Waals surface area contributed by atoms with Gasteiger partial charge in [-0.15, -0.1) is 0 Å². The molecule has 0 fully saturated rings. The second-order valence-corrected chi connectivity index (χ2v) is 4.48. The van der Waals surface area contributed by atoms with Gasteiger partial charge in [-0.2, -0.15) is 0 Å². The van der Waals surface area contributed by atoms with Crippen LogP contribution in [0.2, 0.25) is 0 Å². The summed E-state index contributed by atoms with van der Waals surface area (Å²) in [5.74, 6) is 0.967. The summed E-state index contributed by atoms with van der Waals surface area (Å²) in [6.45, 7) is 0.635. The maximum absolute atomic E-state index is 11.0. The Balaban J connectivity index is 2.04. The summed E-state index contributed by atoms with van der Waals surface area (Å²) in [5.41, 5.74) is 7.67. The Morgan fingerprint density at radius 1 is 1.05 bits per heavy atom. The average Bonchev–Trinajstić information content (AvgIpc) is 2.52. The number of anilines is 1. The second kappa shape index (κ2) is 6.65. The van der Waals surface area contributed by atoms with Gasteiger partial charge in [0.2, 0.25) is 5.91 Å². The van der Waals surface area contributed by atoms with Gasteiger partial charge in [0.05, 0.1) is 14.2 Å². The van der Waals surface area contributed by atoms with Crippen molar-refractivity contribution >= 4 is 11.6 Å². The molecule has 1 amide bonds. The molecule has 0 bridgehead atoms. The highest BCUT2D eigenvalue weighted by Crippen LogP contribution is 2.27. The Labute approximate surface area is 123 Å². The van der Waals surface area contributed by atoms with Gasteiger partial charge in [-0.25, -0.2) is 0 Å². The van der Waals surface area contributed by atoms with Gasteiger partial charge in [-0.05, 0) is 42.0 Å². The zero-order chi connectivity index (χ0) is 15.2. The van der Waals surface area contributed by atoms with E-state index in [0.29, 0.717) is 23.6 Å². The fourth-order valence-electron chi connectivity index (χ4n) is 1.95. The van der Waals surface area contributed by atoms with Crippen molar-refractivity contribution < 1.29 is 14.3 Å². The van der Waals surface area contributed by atoms with E-state index in [4.69, 9.17) is 15.2 Å². The first-order valence-electron chi connectivity index (χ1n) is 6.48. The first-order chi connectivity index (χ1) is 10.1. The van der Waals surface area contributed by atoms with E-state index >= 15 is 0 Å². The van der Waals surface area contributed by atoms with Gasteiger partial charge in [-0.1, -0.05) is 6.07 Å². The van der Waals surface area contributed by atoms with Crippen LogP contribution in [0.1, 0.15) is 15.9 Å². The molecule has 2 aromatic rings. The molecule has 2 rings (SSSR count). The summed E-state index contributed by atoms with van der Waals surface area (Å²) in [4.78, 5) is 11.0. The molecule has 0 spiro atoms. The molecule has 110 valence electrons. The zero-order valence-electron chi connectivity index (χ0n) is 12.1. The number of carbonyl (C=O) groups is 1. The Bertz CT molecular complexity index is 624. The Kier molecular flexibility index (Phi) is 4.66. The number of nitrogens with one attached hydrogen (secondary N) is 1. The third kappa shape index (κ3) is 3.66. The fraction of sp³-hybridized carbons (Fsp3) is 0.188. The fourth-order valence-corrected chi connectivity index (χ4v) is 1.95. The maximum Gasteiger partial charge on any atom is 0.248 e. The number of hydrogen-bond acceptors (Lipinski definition) is 4. The first kappa shape index (κ1) is 14.7. The third-order valence-electron chi connectivity index (χ3n) is 3.11. The van der Waals surface area contributed by atoms with Gasteiger partial charge < -0.3 is 20.5 Å². The first-order valence-corrected chi connectivity index (χ1v) is 6.48. The SMILES string of the molecule is COc1ccc(CNc2ccc(C(N)=O)cc2)cc1OC. The minimum Gasteiger partial charge on any atom is -0.493 e. The number of benzene rings is 2. The summed E-state index contributed by atoms with van der Waals surface area (Å²) < 4.78 is 10.5. The molecule has 0 aromatic heterocycles. The lowest BCUT2D eigenvalue weighted by Crippen LogP contribution is -2.10. The summed E-state index contributed by atoms with van der Waals surface area (Å²) >= 11 is 0. The van der Waals surface area contributed by atoms with Crippen molar-refractivity contribution in [1.82, 2.24) is 0 Å². The number of nitrogens with two attached hydrogens (primary N) is 1. The smallest absolute Gasteiger partial charge is 0.248 e. The topological polar surface area (TPSA) is 73.6 Å². The van der Waals surface area contributed by atoms with E-state index < -0.39 is 5.91 Å². The quantitative estimate of drug-likeness (QED) is 0.855. The number of hydrogen-bond donors (Lipinski definition) is 2. The average molecular weight is 286 g/mol. The molecule has 0 unspecified atom stereocenters. The molecule has 0 aliphatic heterocycles. The summed E-state index contributed by atoms with van der Waals surface area (Å²) in [5, 5.41) is 3.27. The van der Waals surface area contributed by atoms with Gasteiger partial charge in [0.15, 0.2) is 11.5 Å². The molecule has 0 aliphatic carbocycles. The minimum absolute atomic E-state index is 0.429. The molecule has 0 saturated heterocycles. The van der Waals surface area contributed by atoms with E-state index in [0.717, 1.165) is 11.3 Å². The minimum atomic E-state index is -0.429. The largest absolute Gasteiger partial charge is 0.493 e. The highest BCUT2D eigenvalue weighted by atomic mass is 16.5. The Morgan fingerprint density at radius 3 is 2.29 bits per heavy atom. The number of carbonyl (C=O) groups excluding carboxylic acids is 1. The van der Waals surface area contributed by atoms with E-state index in [9.17, 15) is 4.79 Å². The highest BCUT2D eigenvalue weighted by molar-refractivity contribution is 5.93.